The topological polar surface area (TPSA) is 62.3 Å². The number of rotatable bonds is 9. The van der Waals surface area contributed by atoms with E-state index >= 15 is 0 Å². The minimum atomic E-state index is -0.790. The molecule has 1 aliphatic rings. The Hall–Kier alpha value is -2.75. The van der Waals surface area contributed by atoms with E-state index in [1.165, 1.54) is 24.1 Å². The third-order valence-corrected chi connectivity index (χ3v) is 6.46. The van der Waals surface area contributed by atoms with Crippen LogP contribution in [0.3, 0.4) is 0 Å². The molecule has 3 rings (SSSR count). The molecule has 2 N–H and O–H groups in total. The van der Waals surface area contributed by atoms with Gasteiger partial charge in [-0.1, -0.05) is 57.9 Å². The van der Waals surface area contributed by atoms with Gasteiger partial charge in [-0.15, -0.1) is 0 Å². The van der Waals surface area contributed by atoms with Crippen LogP contribution in [-0.2, 0) is 17.6 Å². The molecule has 0 aliphatic heterocycles. The maximum atomic E-state index is 12.4. The molecular weight excluding hydrogens is 434 g/mol. The maximum absolute atomic E-state index is 12.4. The van der Waals surface area contributed by atoms with E-state index in [-0.39, 0.29) is 0 Å². The molecule has 35 heavy (non-hydrogen) atoms. The first-order valence-corrected chi connectivity index (χ1v) is 13.3. The summed E-state index contributed by atoms with van der Waals surface area (Å²) in [5.41, 5.74) is 9.60. The van der Waals surface area contributed by atoms with Gasteiger partial charge in [-0.25, -0.2) is 0 Å². The van der Waals surface area contributed by atoms with Crippen LogP contribution in [0.5, 0.6) is 5.75 Å². The Balaban J connectivity index is 0.00000137. The van der Waals surface area contributed by atoms with Crippen molar-refractivity contribution in [3.05, 3.63) is 69.6 Å². The number of allylic oxidation sites excluding steroid dienone is 1. The number of benzene rings is 1. The van der Waals surface area contributed by atoms with Gasteiger partial charge in [-0.2, -0.15) is 0 Å². The lowest BCUT2D eigenvalue weighted by molar-refractivity contribution is -0.140. The fourth-order valence-electron chi connectivity index (χ4n) is 5.04. The second kappa shape index (κ2) is 13.4. The molecule has 1 aromatic heterocycles. The summed E-state index contributed by atoms with van der Waals surface area (Å²) >= 11 is 0. The van der Waals surface area contributed by atoms with Crippen LogP contribution in [0, 0.1) is 19.8 Å². The normalized spacial score (nSPS) is 14.3. The van der Waals surface area contributed by atoms with Gasteiger partial charge in [0.25, 0.3) is 0 Å². The molecule has 4 nitrogen and oxygen atoms in total. The Morgan fingerprint density at radius 3 is 2.37 bits per heavy atom. The van der Waals surface area contributed by atoms with Crippen LogP contribution in [0.4, 0.5) is 0 Å². The van der Waals surface area contributed by atoms with E-state index in [0.29, 0.717) is 13.0 Å². The highest BCUT2D eigenvalue weighted by atomic mass is 16.5. The molecule has 0 saturated carbocycles. The zero-order valence-electron chi connectivity index (χ0n) is 22.9. The number of nitrogens with one attached hydrogen (secondary N) is 1. The Morgan fingerprint density at radius 2 is 1.80 bits per heavy atom. The predicted octanol–water partition coefficient (Wildman–Crippen LogP) is 8.20. The van der Waals surface area contributed by atoms with Crippen molar-refractivity contribution in [2.75, 3.05) is 6.61 Å². The van der Waals surface area contributed by atoms with Crippen LogP contribution < -0.4 is 4.74 Å². The number of H-pyrrole nitrogens is 1. The van der Waals surface area contributed by atoms with Gasteiger partial charge in [0.2, 0.25) is 0 Å². The molecule has 1 atom stereocenters. The first-order chi connectivity index (χ1) is 16.7. The number of aryl methyl sites for hydroxylation is 3. The maximum Gasteiger partial charge on any atom is 0.311 e. The highest BCUT2D eigenvalue weighted by Crippen LogP contribution is 2.42. The van der Waals surface area contributed by atoms with E-state index in [9.17, 15) is 9.90 Å². The summed E-state index contributed by atoms with van der Waals surface area (Å²) in [5.74, 6) is -0.549. The van der Waals surface area contributed by atoms with Crippen molar-refractivity contribution >= 4 is 11.5 Å². The number of ether oxygens (including phenoxy) is 1. The predicted molar refractivity (Wildman–Crippen MR) is 147 cm³/mol. The summed E-state index contributed by atoms with van der Waals surface area (Å²) in [6, 6.07) is 6.24. The zero-order valence-corrected chi connectivity index (χ0v) is 22.9. The monoisotopic (exact) mass is 479 g/mol. The summed E-state index contributed by atoms with van der Waals surface area (Å²) < 4.78 is 5.91. The molecular formula is C31H45NO3. The lowest BCUT2D eigenvalue weighted by Crippen LogP contribution is -2.19. The van der Waals surface area contributed by atoms with Crippen LogP contribution >= 0.6 is 0 Å². The Labute approximate surface area is 212 Å². The molecule has 0 spiro atoms. The molecule has 0 radical (unpaired) electrons. The molecule has 0 fully saturated rings. The molecule has 0 amide bonds. The van der Waals surface area contributed by atoms with Gasteiger partial charge < -0.3 is 14.8 Å². The molecule has 4 heteroatoms. The van der Waals surface area contributed by atoms with Crippen LogP contribution in [0.25, 0.3) is 5.57 Å². The number of aromatic amines is 1. The zero-order chi connectivity index (χ0) is 26.1. The standard InChI is InChI=1S/C28H37NO3.C3H8/c1-7-11-22(28(30)31)25(17(3)4)27(20-15-14-18(5)24(16-20)32-8-2)26-19(6)29-23-13-10-9-12-21(23)26;1-3-2/h14-16,22,29H,3,7-13H2,1-2,4-6H3,(H,30,31);3H2,1-2H3/b27-25+;. The van der Waals surface area contributed by atoms with E-state index in [1.54, 1.807) is 0 Å². The molecule has 192 valence electrons. The number of aromatic nitrogens is 1. The molecule has 0 saturated heterocycles. The van der Waals surface area contributed by atoms with Crippen LogP contribution in [-0.4, -0.2) is 22.7 Å². The minimum Gasteiger partial charge on any atom is -0.494 e. The van der Waals surface area contributed by atoms with Gasteiger partial charge in [0.05, 0.1) is 12.5 Å². The summed E-state index contributed by atoms with van der Waals surface area (Å²) in [6.07, 6.45) is 7.02. The van der Waals surface area contributed by atoms with Gasteiger partial charge in [-0.3, -0.25) is 4.79 Å². The van der Waals surface area contributed by atoms with E-state index in [1.807, 2.05) is 27.7 Å². The number of fused-ring (bicyclic) bond motifs is 1. The van der Waals surface area contributed by atoms with Gasteiger partial charge >= 0.3 is 5.97 Å². The Morgan fingerprint density at radius 1 is 1.14 bits per heavy atom. The van der Waals surface area contributed by atoms with E-state index in [2.05, 4.69) is 50.5 Å². The van der Waals surface area contributed by atoms with E-state index in [4.69, 9.17) is 4.74 Å². The second-order valence-corrected chi connectivity index (χ2v) is 9.66. The summed E-state index contributed by atoms with van der Waals surface area (Å²) in [7, 11) is 0. The van der Waals surface area contributed by atoms with Crippen LogP contribution in [0.1, 0.15) is 100 Å². The van der Waals surface area contributed by atoms with Crippen molar-refractivity contribution in [3.8, 4) is 5.75 Å². The van der Waals surface area contributed by atoms with Crippen molar-refractivity contribution in [1.29, 1.82) is 0 Å². The SMILES string of the molecule is C=C(C)/C(=C(/c1ccc(C)c(OCC)c1)c1c(C)[nH]c2c1CCCC2)C(CCC)C(=O)O.CCC. The second-order valence-electron chi connectivity index (χ2n) is 9.66. The average Bonchev–Trinajstić information content (AvgIpc) is 3.13. The molecule has 1 heterocycles. The molecule has 1 unspecified atom stereocenters. The molecule has 0 bridgehead atoms. The Bertz CT molecular complexity index is 1060. The van der Waals surface area contributed by atoms with Gasteiger partial charge in [0, 0.05) is 17.0 Å². The molecule has 2 aromatic rings. The largest absolute Gasteiger partial charge is 0.494 e. The summed E-state index contributed by atoms with van der Waals surface area (Å²) in [5, 5.41) is 10.2. The fraction of sp³-hybridized carbons (Fsp3) is 0.516. The summed E-state index contributed by atoms with van der Waals surface area (Å²) in [6.45, 7) is 19.2. The van der Waals surface area contributed by atoms with Crippen LogP contribution in [0.2, 0.25) is 0 Å². The van der Waals surface area contributed by atoms with Gasteiger partial charge in [0.1, 0.15) is 5.75 Å². The number of carboxylic acids is 1. The number of hydrogen-bond acceptors (Lipinski definition) is 2. The van der Waals surface area contributed by atoms with Crippen molar-refractivity contribution in [2.45, 2.75) is 93.4 Å². The number of carboxylic acid groups (broad SMARTS) is 1. The minimum absolute atomic E-state index is 0.580. The first-order valence-electron chi connectivity index (χ1n) is 13.3. The van der Waals surface area contributed by atoms with Gasteiger partial charge in [0.15, 0.2) is 0 Å². The van der Waals surface area contributed by atoms with Gasteiger partial charge in [-0.05, 0) is 93.7 Å². The fourth-order valence-corrected chi connectivity index (χ4v) is 5.04. The highest BCUT2D eigenvalue weighted by Gasteiger charge is 2.30. The van der Waals surface area contributed by atoms with Crippen molar-refractivity contribution in [2.24, 2.45) is 5.92 Å². The quantitative estimate of drug-likeness (QED) is 0.356. The molecule has 1 aliphatic carbocycles. The van der Waals surface area contributed by atoms with Crippen LogP contribution in [0.15, 0.2) is 35.9 Å². The third kappa shape index (κ3) is 6.68. The lowest BCUT2D eigenvalue weighted by Gasteiger charge is -2.24. The lowest BCUT2D eigenvalue weighted by atomic mass is 9.79. The number of carbonyl (C=O) groups is 1. The Kier molecular flexibility index (Phi) is 10.9. The highest BCUT2D eigenvalue weighted by molar-refractivity contribution is 5.92. The van der Waals surface area contributed by atoms with E-state index < -0.39 is 11.9 Å². The average molecular weight is 480 g/mol. The van der Waals surface area contributed by atoms with Crippen molar-refractivity contribution in [3.63, 3.8) is 0 Å². The number of hydrogen-bond donors (Lipinski definition) is 2. The smallest absolute Gasteiger partial charge is 0.311 e. The summed E-state index contributed by atoms with van der Waals surface area (Å²) in [4.78, 5) is 16.0. The van der Waals surface area contributed by atoms with Crippen molar-refractivity contribution in [1.82, 2.24) is 4.98 Å². The van der Waals surface area contributed by atoms with E-state index in [0.717, 1.165) is 70.5 Å². The molecule has 1 aromatic carbocycles. The van der Waals surface area contributed by atoms with Crippen molar-refractivity contribution < 1.29 is 14.6 Å². The number of aliphatic carboxylic acids is 1. The third-order valence-electron chi connectivity index (χ3n) is 6.46. The first kappa shape index (κ1) is 28.5.